The second-order valence-corrected chi connectivity index (χ2v) is 6.41. The van der Waals surface area contributed by atoms with Crippen molar-refractivity contribution in [3.63, 3.8) is 0 Å². The lowest BCUT2D eigenvalue weighted by atomic mass is 10.1. The zero-order chi connectivity index (χ0) is 21.3. The van der Waals surface area contributed by atoms with Gasteiger partial charge in [-0.2, -0.15) is 13.2 Å². The van der Waals surface area contributed by atoms with E-state index in [9.17, 15) is 22.4 Å². The van der Waals surface area contributed by atoms with Crippen LogP contribution in [0.1, 0.15) is 16.1 Å². The molecule has 1 aromatic carbocycles. The summed E-state index contributed by atoms with van der Waals surface area (Å²) in [7, 11) is 0. The molecule has 0 aliphatic carbocycles. The van der Waals surface area contributed by atoms with E-state index in [1.54, 1.807) is 4.90 Å². The molecular formula is C18H13F4N5O3. The van der Waals surface area contributed by atoms with Crippen LogP contribution in [0.15, 0.2) is 47.6 Å². The van der Waals surface area contributed by atoms with E-state index >= 15 is 0 Å². The molecule has 0 radical (unpaired) electrons. The number of rotatable bonds is 5. The van der Waals surface area contributed by atoms with E-state index in [1.165, 1.54) is 24.9 Å². The van der Waals surface area contributed by atoms with E-state index in [0.29, 0.717) is 11.8 Å². The van der Waals surface area contributed by atoms with Crippen LogP contribution in [0.2, 0.25) is 0 Å². The van der Waals surface area contributed by atoms with Gasteiger partial charge >= 0.3 is 6.18 Å². The highest BCUT2D eigenvalue weighted by molar-refractivity contribution is 6.06. The molecule has 1 aliphatic heterocycles. The van der Waals surface area contributed by atoms with Crippen LogP contribution in [0.4, 0.5) is 29.1 Å². The van der Waals surface area contributed by atoms with Gasteiger partial charge in [-0.1, -0.05) is 5.16 Å². The van der Waals surface area contributed by atoms with Crippen LogP contribution in [0.3, 0.4) is 0 Å². The highest BCUT2D eigenvalue weighted by atomic mass is 19.4. The predicted molar refractivity (Wildman–Crippen MR) is 94.5 cm³/mol. The van der Waals surface area contributed by atoms with Gasteiger partial charge in [-0.15, -0.1) is 0 Å². The molecule has 156 valence electrons. The molecule has 0 spiro atoms. The summed E-state index contributed by atoms with van der Waals surface area (Å²) in [5.74, 6) is -1.59. The Morgan fingerprint density at radius 3 is 2.77 bits per heavy atom. The molecular weight excluding hydrogens is 410 g/mol. The Hall–Kier alpha value is -3.70. The number of benzene rings is 1. The van der Waals surface area contributed by atoms with Crippen LogP contribution in [-0.4, -0.2) is 40.2 Å². The Labute approximate surface area is 166 Å². The Kier molecular flexibility index (Phi) is 4.98. The molecule has 1 fully saturated rings. The van der Waals surface area contributed by atoms with Crippen molar-refractivity contribution < 1.29 is 31.6 Å². The number of anilines is 2. The summed E-state index contributed by atoms with van der Waals surface area (Å²) in [5, 5.41) is 6.11. The minimum absolute atomic E-state index is 0.0802. The molecule has 3 aromatic rings. The van der Waals surface area contributed by atoms with Crippen LogP contribution in [0.5, 0.6) is 5.75 Å². The maximum Gasteiger partial charge on any atom is 0.416 e. The van der Waals surface area contributed by atoms with Gasteiger partial charge < -0.3 is 19.5 Å². The van der Waals surface area contributed by atoms with Crippen molar-refractivity contribution in [1.82, 2.24) is 15.1 Å². The van der Waals surface area contributed by atoms with E-state index in [2.05, 4.69) is 25.0 Å². The standard InChI is InChI=1S/C18H13F4N5O3/c19-11-3-10(18(20,21)22)4-12(5-11)30-13-7-27(8-13)14-6-23-9-24-16(14)17(28)25-15-1-2-29-26-15/h1-6,9,13H,7-8H2,(H,25,26,28). The van der Waals surface area contributed by atoms with Crippen LogP contribution in [0, 0.1) is 5.82 Å². The van der Waals surface area contributed by atoms with Gasteiger partial charge in [-0.05, 0) is 12.1 Å². The number of ether oxygens (including phenoxy) is 1. The molecule has 0 unspecified atom stereocenters. The van der Waals surface area contributed by atoms with Gasteiger partial charge in [-0.25, -0.2) is 14.4 Å². The number of alkyl halides is 3. The minimum Gasteiger partial charge on any atom is -0.487 e. The summed E-state index contributed by atoms with van der Waals surface area (Å²) in [6.07, 6.45) is -1.24. The van der Waals surface area contributed by atoms with Crippen molar-refractivity contribution >= 4 is 17.4 Å². The Bertz CT molecular complexity index is 1050. The van der Waals surface area contributed by atoms with E-state index in [0.717, 1.165) is 12.1 Å². The Morgan fingerprint density at radius 2 is 2.07 bits per heavy atom. The Morgan fingerprint density at radius 1 is 1.27 bits per heavy atom. The number of nitrogens with zero attached hydrogens (tertiary/aromatic N) is 4. The van der Waals surface area contributed by atoms with Gasteiger partial charge in [-0.3, -0.25) is 4.79 Å². The van der Waals surface area contributed by atoms with Crippen molar-refractivity contribution in [3.05, 3.63) is 60.1 Å². The van der Waals surface area contributed by atoms with E-state index in [4.69, 9.17) is 4.74 Å². The normalized spacial score (nSPS) is 14.3. The van der Waals surface area contributed by atoms with E-state index in [-0.39, 0.29) is 30.4 Å². The first kappa shape index (κ1) is 19.6. The lowest BCUT2D eigenvalue weighted by Gasteiger charge is -2.40. The number of halogens is 4. The fourth-order valence-electron chi connectivity index (χ4n) is 2.88. The maximum absolute atomic E-state index is 13.5. The second-order valence-electron chi connectivity index (χ2n) is 6.41. The van der Waals surface area contributed by atoms with Crippen molar-refractivity contribution in [2.24, 2.45) is 0 Å². The van der Waals surface area contributed by atoms with Gasteiger partial charge in [0.25, 0.3) is 5.91 Å². The van der Waals surface area contributed by atoms with Gasteiger partial charge in [0.1, 0.15) is 30.3 Å². The van der Waals surface area contributed by atoms with Gasteiger partial charge in [0.2, 0.25) is 0 Å². The fraction of sp³-hybridized carbons (Fsp3) is 0.222. The molecule has 30 heavy (non-hydrogen) atoms. The summed E-state index contributed by atoms with van der Waals surface area (Å²) < 4.78 is 62.1. The zero-order valence-corrected chi connectivity index (χ0v) is 15.1. The number of nitrogens with one attached hydrogen (secondary N) is 1. The molecule has 4 rings (SSSR count). The largest absolute Gasteiger partial charge is 0.487 e. The average molecular weight is 423 g/mol. The number of hydrogen-bond donors (Lipinski definition) is 1. The van der Waals surface area contributed by atoms with E-state index in [1.807, 2.05) is 0 Å². The summed E-state index contributed by atoms with van der Waals surface area (Å²) in [6.45, 7) is 0.491. The monoisotopic (exact) mass is 423 g/mol. The number of carbonyl (C=O) groups is 1. The quantitative estimate of drug-likeness (QED) is 0.630. The smallest absolute Gasteiger partial charge is 0.416 e. The molecule has 0 bridgehead atoms. The molecule has 0 saturated carbocycles. The van der Waals surface area contributed by atoms with Gasteiger partial charge in [0.05, 0.1) is 30.5 Å². The average Bonchev–Trinajstić information content (AvgIpc) is 3.16. The second kappa shape index (κ2) is 7.61. The third kappa shape index (κ3) is 4.16. The number of aromatic nitrogens is 3. The van der Waals surface area contributed by atoms with Crippen LogP contribution in [0.25, 0.3) is 0 Å². The minimum atomic E-state index is -4.68. The van der Waals surface area contributed by atoms with Gasteiger partial charge in [0, 0.05) is 12.1 Å². The third-order valence-corrected chi connectivity index (χ3v) is 4.28. The highest BCUT2D eigenvalue weighted by Crippen LogP contribution is 2.33. The summed E-state index contributed by atoms with van der Waals surface area (Å²) in [6, 6.07) is 3.50. The summed E-state index contributed by atoms with van der Waals surface area (Å²) >= 11 is 0. The first-order valence-corrected chi connectivity index (χ1v) is 8.61. The van der Waals surface area contributed by atoms with E-state index < -0.39 is 29.6 Å². The predicted octanol–water partition coefficient (Wildman–Crippen LogP) is 3.14. The first-order chi connectivity index (χ1) is 14.3. The molecule has 1 saturated heterocycles. The molecule has 12 heteroatoms. The zero-order valence-electron chi connectivity index (χ0n) is 15.1. The topological polar surface area (TPSA) is 93.4 Å². The van der Waals surface area contributed by atoms with Crippen molar-refractivity contribution in [2.75, 3.05) is 23.3 Å². The Balaban J connectivity index is 1.43. The highest BCUT2D eigenvalue weighted by Gasteiger charge is 2.34. The molecule has 1 N–H and O–H groups in total. The summed E-state index contributed by atoms with van der Waals surface area (Å²) in [5.41, 5.74) is -0.637. The molecule has 3 heterocycles. The maximum atomic E-state index is 13.5. The van der Waals surface area contributed by atoms with Gasteiger partial charge in [0.15, 0.2) is 11.5 Å². The molecule has 8 nitrogen and oxygen atoms in total. The lowest BCUT2D eigenvalue weighted by Crippen LogP contribution is -2.54. The van der Waals surface area contributed by atoms with Crippen LogP contribution in [-0.2, 0) is 6.18 Å². The lowest BCUT2D eigenvalue weighted by molar-refractivity contribution is -0.137. The fourth-order valence-corrected chi connectivity index (χ4v) is 2.88. The van der Waals surface area contributed by atoms with Crippen molar-refractivity contribution in [1.29, 1.82) is 0 Å². The van der Waals surface area contributed by atoms with Crippen LogP contribution >= 0.6 is 0 Å². The number of amides is 1. The SMILES string of the molecule is O=C(Nc1ccon1)c1ncncc1N1CC(Oc2cc(F)cc(C(F)(F)F)c2)C1. The molecule has 2 aromatic heterocycles. The molecule has 1 amide bonds. The summed E-state index contributed by atoms with van der Waals surface area (Å²) in [4.78, 5) is 22.0. The number of hydrogen-bond acceptors (Lipinski definition) is 7. The first-order valence-electron chi connectivity index (χ1n) is 8.61. The number of carbonyl (C=O) groups excluding carboxylic acids is 1. The van der Waals surface area contributed by atoms with Crippen molar-refractivity contribution in [3.8, 4) is 5.75 Å². The third-order valence-electron chi connectivity index (χ3n) is 4.28. The van der Waals surface area contributed by atoms with Crippen LogP contribution < -0.4 is 15.0 Å². The molecule has 1 aliphatic rings. The van der Waals surface area contributed by atoms with Crippen molar-refractivity contribution in [2.45, 2.75) is 12.3 Å². The molecule has 0 atom stereocenters.